The Bertz CT molecular complexity index is 8190. The van der Waals surface area contributed by atoms with Gasteiger partial charge in [0.2, 0.25) is 0 Å². The van der Waals surface area contributed by atoms with Crippen LogP contribution in [0.1, 0.15) is 155 Å². The summed E-state index contributed by atoms with van der Waals surface area (Å²) in [6.45, 7) is 18.2. The van der Waals surface area contributed by atoms with E-state index in [1.807, 2.05) is 74.5 Å². The zero-order valence-corrected chi connectivity index (χ0v) is 86.9. The predicted molar refractivity (Wildman–Crippen MR) is 608 cm³/mol. The van der Waals surface area contributed by atoms with Crippen molar-refractivity contribution < 1.29 is 29.9 Å². The Morgan fingerprint density at radius 1 is 0.274 bits per heavy atom. The third-order valence-corrected chi connectivity index (χ3v) is 31.3. The fraction of sp³-hybridized carbons (Fsp3) is 0.242. The van der Waals surface area contributed by atoms with Gasteiger partial charge in [-0.3, -0.25) is 0 Å². The lowest BCUT2D eigenvalue weighted by molar-refractivity contribution is 0.337. The van der Waals surface area contributed by atoms with Crippen LogP contribution in [0.25, 0.3) is 189 Å². The van der Waals surface area contributed by atoms with Crippen LogP contribution in [0.3, 0.4) is 0 Å². The molecule has 0 saturated carbocycles. The molecule has 0 amide bonds. The third kappa shape index (κ3) is 22.4. The molecule has 16 aromatic carbocycles. The second kappa shape index (κ2) is 47.2. The summed E-state index contributed by atoms with van der Waals surface area (Å²) in [5, 5.41) is 64.8. The number of phenolic OH excluding ortho intramolecular Hbond substituents is 4. The summed E-state index contributed by atoms with van der Waals surface area (Å²) in [6, 6.07) is 89.3. The Hall–Kier alpha value is -14.4. The van der Waals surface area contributed by atoms with Crippen molar-refractivity contribution in [2.24, 2.45) is 11.8 Å². The van der Waals surface area contributed by atoms with Crippen LogP contribution in [-0.4, -0.2) is 116 Å². The summed E-state index contributed by atoms with van der Waals surface area (Å²) in [6.07, 6.45) is 24.6. The zero-order valence-electron chi connectivity index (χ0n) is 83.6. The van der Waals surface area contributed by atoms with E-state index in [-0.39, 0.29) is 23.0 Å². The minimum absolute atomic E-state index is 0.0971. The molecule has 4 aromatic heterocycles. The molecule has 22 rings (SSSR count). The van der Waals surface area contributed by atoms with E-state index in [0.717, 1.165) is 113 Å². The number of unbranched alkanes of at least 4 members (excludes halogenated alkanes) is 2. The van der Waals surface area contributed by atoms with Crippen molar-refractivity contribution >= 4 is 145 Å². The lowest BCUT2D eigenvalue weighted by atomic mass is 9.86. The van der Waals surface area contributed by atoms with Crippen molar-refractivity contribution in [1.29, 1.82) is 0 Å². The molecule has 20 aromatic rings. The number of aromatic hydroxyl groups is 4. The van der Waals surface area contributed by atoms with Gasteiger partial charge in [0.25, 0.3) is 0 Å². The molecule has 2 unspecified atom stereocenters. The van der Waals surface area contributed by atoms with Crippen molar-refractivity contribution in [2.45, 2.75) is 166 Å². The van der Waals surface area contributed by atoms with Crippen LogP contribution in [0.5, 0.6) is 34.5 Å². The molecule has 0 bridgehead atoms. The van der Waals surface area contributed by atoms with Gasteiger partial charge in [-0.25, -0.2) is 59.8 Å². The maximum atomic E-state index is 11.0. The van der Waals surface area contributed by atoms with Crippen LogP contribution in [0, 0.1) is 11.8 Å². The maximum absolute atomic E-state index is 11.0. The number of para-hydroxylation sites is 2. The van der Waals surface area contributed by atoms with Gasteiger partial charge in [-0.15, -0.1) is 0 Å². The van der Waals surface area contributed by atoms with Gasteiger partial charge in [-0.2, -0.15) is 0 Å². The summed E-state index contributed by atoms with van der Waals surface area (Å²) in [5.74, 6) is 11.2. The molecule has 2 atom stereocenters. The van der Waals surface area contributed by atoms with E-state index in [4.69, 9.17) is 59.3 Å². The smallest absolute Gasteiger partial charge is 0.191 e. The fourth-order valence-corrected chi connectivity index (χ4v) is 23.0. The minimum Gasteiger partial charge on any atom is -0.507 e. The molecule has 146 heavy (non-hydrogen) atoms. The van der Waals surface area contributed by atoms with Crippen molar-refractivity contribution in [1.82, 2.24) is 59.8 Å². The first kappa shape index (κ1) is 100. The summed E-state index contributed by atoms with van der Waals surface area (Å²) < 4.78 is 11.2. The van der Waals surface area contributed by atoms with Gasteiger partial charge in [0.1, 0.15) is 34.5 Å². The van der Waals surface area contributed by atoms with Gasteiger partial charge < -0.3 is 29.9 Å². The molecule has 0 fully saturated rings. The zero-order chi connectivity index (χ0) is 101. The molecule has 4 heterocycles. The second-order valence-electron chi connectivity index (χ2n) is 36.7. The molecular weight excluding hydrogens is 1880 g/mol. The van der Waals surface area contributed by atoms with Gasteiger partial charge in [0.15, 0.2) is 67.2 Å². The first-order chi connectivity index (χ1) is 71.7. The summed E-state index contributed by atoms with van der Waals surface area (Å²) in [4.78, 5) is 58.4. The van der Waals surface area contributed by atoms with Crippen LogP contribution in [-0.2, 0) is 12.8 Å². The van der Waals surface area contributed by atoms with E-state index in [2.05, 4.69) is 246 Å². The fourth-order valence-electron chi connectivity index (χ4n) is 19.5. The third-order valence-electron chi connectivity index (χ3n) is 27.0. The quantitative estimate of drug-likeness (QED) is 0.0226. The number of hydrogen-bond acceptors (Lipinski definition) is 22. The highest BCUT2D eigenvalue weighted by atomic mass is 32.2. The topological polar surface area (TPSA) is 254 Å². The highest BCUT2D eigenvalue weighted by molar-refractivity contribution is 7.99. The molecule has 2 aliphatic rings. The first-order valence-corrected chi connectivity index (χ1v) is 55.1. The average Bonchev–Trinajstić information content (AvgIpc) is 0.725. The highest BCUT2D eigenvalue weighted by Gasteiger charge is 2.28. The molecule has 2 aliphatic carbocycles. The van der Waals surface area contributed by atoms with Crippen molar-refractivity contribution in [3.63, 3.8) is 0 Å². The molecule has 734 valence electrons. The Labute approximate surface area is 869 Å². The van der Waals surface area contributed by atoms with E-state index in [1.54, 1.807) is 83.4 Å². The highest BCUT2D eigenvalue weighted by Crippen LogP contribution is 2.47. The lowest BCUT2D eigenvalue weighted by Crippen LogP contribution is -2.06. The number of hydrogen-bond donors (Lipinski definition) is 4. The molecular formula is C124H118N12O6S4. The van der Waals surface area contributed by atoms with Gasteiger partial charge >= 0.3 is 0 Å². The number of rotatable bonds is 32. The normalized spacial score (nSPS) is 12.5. The number of ether oxygens (including phenoxy) is 2. The number of nitrogens with zero attached hydrogens (tertiary/aromatic N) is 12. The van der Waals surface area contributed by atoms with Crippen LogP contribution in [0.2, 0.25) is 0 Å². The average molecular weight is 2000 g/mol. The number of allylic oxidation sites excluding steroid dienone is 2. The van der Waals surface area contributed by atoms with E-state index in [1.165, 1.54) is 131 Å². The Balaban J connectivity index is 0.000000124. The molecule has 0 spiro atoms. The van der Waals surface area contributed by atoms with E-state index < -0.39 is 0 Å². The number of benzene rings is 16. The first-order valence-electron chi connectivity index (χ1n) is 51.2. The molecule has 0 aliphatic heterocycles. The molecule has 22 heteroatoms. The van der Waals surface area contributed by atoms with Gasteiger partial charge in [-0.05, 0) is 258 Å². The summed E-state index contributed by atoms with van der Waals surface area (Å²) >= 11 is 6.61. The van der Waals surface area contributed by atoms with Gasteiger partial charge in [0, 0.05) is 57.4 Å². The van der Waals surface area contributed by atoms with Gasteiger partial charge in [-0.1, -0.05) is 333 Å². The predicted octanol–water partition coefficient (Wildman–Crippen LogP) is 32.6. The minimum atomic E-state index is 0.0971. The van der Waals surface area contributed by atoms with Crippen molar-refractivity contribution in [3.8, 4) is 126 Å². The number of aromatic nitrogens is 12. The maximum Gasteiger partial charge on any atom is 0.191 e. The molecule has 18 nitrogen and oxygen atoms in total. The number of phenols is 4. The number of thioether (sulfide) groups is 4. The molecule has 0 saturated heterocycles. The number of fused-ring (bicyclic) bond motifs is 11. The van der Waals surface area contributed by atoms with Crippen molar-refractivity contribution in [2.75, 3.05) is 36.2 Å². The van der Waals surface area contributed by atoms with Crippen LogP contribution in [0.15, 0.2) is 300 Å². The monoisotopic (exact) mass is 2000 g/mol. The Morgan fingerprint density at radius 2 is 0.644 bits per heavy atom. The van der Waals surface area contributed by atoms with E-state index in [0.29, 0.717) is 126 Å². The Morgan fingerprint density at radius 3 is 1.14 bits per heavy atom. The summed E-state index contributed by atoms with van der Waals surface area (Å²) in [5.41, 5.74) is 11.3. The van der Waals surface area contributed by atoms with Crippen LogP contribution in [0.4, 0.5) is 0 Å². The summed E-state index contributed by atoms with van der Waals surface area (Å²) in [7, 11) is 0. The van der Waals surface area contributed by atoms with E-state index >= 15 is 0 Å². The molecule has 0 radical (unpaired) electrons. The van der Waals surface area contributed by atoms with Gasteiger partial charge in [0.05, 0.1) is 35.5 Å². The lowest BCUT2D eigenvalue weighted by Gasteiger charge is -2.20. The van der Waals surface area contributed by atoms with Crippen LogP contribution >= 0.6 is 47.0 Å². The largest absolute Gasteiger partial charge is 0.507 e. The second-order valence-corrected chi connectivity index (χ2v) is 40.8. The van der Waals surface area contributed by atoms with Crippen LogP contribution < -0.4 is 9.47 Å². The van der Waals surface area contributed by atoms with E-state index in [9.17, 15) is 20.4 Å². The SMILES string of the molecule is CCCCC(CC)CSc1nc(-c2ccc(OCC)cc2O)nc(-c2cc3c(ccc4ccccc43)c3c2C=CCC3)n1.CCCCC(CC)CSc1nc(-c2ccc(OCC)cc2O)nc(-c2cc3ccccc3c3c2C=CCC3)n1.CCCSc1nc(-c2ccccc2O)nc(-c2cc3ccccc3c3ccccc23)n1.CCCSc1nc(-c2ccccc2O)nc(-c2ccc3ccc4cccc5ccc2c3c45)n1. The Kier molecular flexibility index (Phi) is 32.4. The molecule has 4 N–H and O–H groups in total. The standard InChI is InChI=1S/C37H39N3O2S.C33H37N3O2S.C28H21N3OS.C26H21N3OS/c1-4-7-12-24(5-2)23-43-37-39-35(31-20-18-26(42-6-3)21-34(31)41)38-36(40-37)33-22-32-27-14-9-8-13-25(27)17-19-30(32)28-15-10-11-16-29(28)33;1-4-7-12-22(5-2)21-39-33-35-31(28-18-17-24(38-6-3)20-30(28)37)34-32(36-33)29-19-23-13-8-9-14-25(23)26-15-10-11-16-27(26)29;1-2-16-33-28-30-26(29-27(31-28)22-8-3-4-9-23(22)32)21-15-13-19-11-10-17-6-5-7-18-12-14-20(21)25(19)24(17)18;1-2-15-31-26-28-24(21-13-7-8-14-23(21)30)27-25(29-26)22-16-17-9-3-4-10-18(17)19-11-5-6-12-20(19)22/h8-9,11,13-14,16-22,24,41H,4-7,10,12,15,23H2,1-3H3;8-9,11,13-14,16-20,22,37H,4-7,10,12,15,21H2,1-3H3;3-15,32H,2,16H2,1H3;3-14,16,30H,2,15H2,1H3. The van der Waals surface area contributed by atoms with Crippen molar-refractivity contribution in [3.05, 3.63) is 301 Å². The number of aryl methyl sites for hydroxylation is 2.